The largest absolute Gasteiger partial charge is 0.294 e. The van der Waals surface area contributed by atoms with Gasteiger partial charge in [-0.05, 0) is 18.6 Å². The van der Waals surface area contributed by atoms with E-state index in [0.717, 1.165) is 16.5 Å². The maximum atomic E-state index is 11.3. The third kappa shape index (κ3) is 2.45. The van der Waals surface area contributed by atoms with Crippen molar-refractivity contribution in [2.45, 2.75) is 19.8 Å². The van der Waals surface area contributed by atoms with Crippen molar-refractivity contribution in [3.05, 3.63) is 34.3 Å². The summed E-state index contributed by atoms with van der Waals surface area (Å²) in [5.41, 5.74) is 0.806. The Kier molecular flexibility index (Phi) is 3.48. The molecule has 12 heavy (non-hydrogen) atoms. The molecule has 0 aliphatic heterocycles. The molecular formula is C10H11BrO. The van der Waals surface area contributed by atoms with Crippen LogP contribution in [0.1, 0.15) is 30.1 Å². The fraction of sp³-hybridized carbons (Fsp3) is 0.300. The van der Waals surface area contributed by atoms with E-state index in [1.54, 1.807) is 0 Å². The van der Waals surface area contributed by atoms with Gasteiger partial charge in [-0.25, -0.2) is 0 Å². The Labute approximate surface area is 80.9 Å². The van der Waals surface area contributed by atoms with Gasteiger partial charge in [0.2, 0.25) is 0 Å². The second-order valence-electron chi connectivity index (χ2n) is 2.68. The first-order valence-electron chi connectivity index (χ1n) is 4.03. The maximum Gasteiger partial charge on any atom is 0.162 e. The molecule has 1 aromatic carbocycles. The smallest absolute Gasteiger partial charge is 0.162 e. The highest BCUT2D eigenvalue weighted by Crippen LogP contribution is 2.12. The second kappa shape index (κ2) is 4.41. The van der Waals surface area contributed by atoms with Crippen LogP contribution in [0.25, 0.3) is 0 Å². The number of Topliss-reactive ketones (excluding diaryl/α,β-unsaturated/α-hetero) is 1. The summed E-state index contributed by atoms with van der Waals surface area (Å²) in [6.45, 7) is 2.01. The lowest BCUT2D eigenvalue weighted by Gasteiger charge is -1.97. The van der Waals surface area contributed by atoms with Gasteiger partial charge in [0.25, 0.3) is 0 Å². The van der Waals surface area contributed by atoms with Gasteiger partial charge in [0, 0.05) is 16.5 Å². The lowest BCUT2D eigenvalue weighted by molar-refractivity contribution is 0.0982. The van der Waals surface area contributed by atoms with E-state index in [4.69, 9.17) is 0 Å². The van der Waals surface area contributed by atoms with Crippen molar-refractivity contribution in [3.63, 3.8) is 0 Å². The molecule has 1 rings (SSSR count). The van der Waals surface area contributed by atoms with E-state index < -0.39 is 0 Å². The first-order valence-corrected chi connectivity index (χ1v) is 4.82. The van der Waals surface area contributed by atoms with Crippen molar-refractivity contribution in [2.24, 2.45) is 0 Å². The highest BCUT2D eigenvalue weighted by molar-refractivity contribution is 9.10. The van der Waals surface area contributed by atoms with Crippen LogP contribution in [0.15, 0.2) is 28.7 Å². The van der Waals surface area contributed by atoms with E-state index in [1.807, 2.05) is 31.2 Å². The molecule has 0 saturated carbocycles. The highest BCUT2D eigenvalue weighted by atomic mass is 79.9. The molecule has 0 N–H and O–H groups in total. The topological polar surface area (TPSA) is 17.1 Å². The molecule has 0 aromatic heterocycles. The van der Waals surface area contributed by atoms with Gasteiger partial charge in [-0.3, -0.25) is 4.79 Å². The van der Waals surface area contributed by atoms with Crippen LogP contribution < -0.4 is 0 Å². The van der Waals surface area contributed by atoms with E-state index in [1.165, 1.54) is 0 Å². The Bertz CT molecular complexity index is 264. The number of benzene rings is 1. The van der Waals surface area contributed by atoms with Crippen LogP contribution in [0, 0.1) is 0 Å². The Hall–Kier alpha value is -0.630. The summed E-state index contributed by atoms with van der Waals surface area (Å²) in [6, 6.07) is 7.48. The number of carbonyl (C=O) groups is 1. The SMILES string of the molecule is CCCC(=O)c1ccc(Br)cc1. The minimum Gasteiger partial charge on any atom is -0.294 e. The van der Waals surface area contributed by atoms with Crippen LogP contribution in [-0.4, -0.2) is 5.78 Å². The highest BCUT2D eigenvalue weighted by Gasteiger charge is 2.02. The number of halogens is 1. The van der Waals surface area contributed by atoms with Crippen LogP contribution in [-0.2, 0) is 0 Å². The Morgan fingerprint density at radius 2 is 1.92 bits per heavy atom. The third-order valence-corrected chi connectivity index (χ3v) is 2.17. The third-order valence-electron chi connectivity index (χ3n) is 1.64. The zero-order valence-electron chi connectivity index (χ0n) is 7.01. The molecule has 0 aliphatic carbocycles. The van der Waals surface area contributed by atoms with E-state index in [9.17, 15) is 4.79 Å². The molecule has 0 unspecified atom stereocenters. The van der Waals surface area contributed by atoms with Crippen molar-refractivity contribution < 1.29 is 4.79 Å². The summed E-state index contributed by atoms with van der Waals surface area (Å²) in [7, 11) is 0. The Morgan fingerprint density at radius 3 is 2.42 bits per heavy atom. The molecule has 0 spiro atoms. The fourth-order valence-electron chi connectivity index (χ4n) is 1.01. The number of carbonyl (C=O) groups excluding carboxylic acids is 1. The summed E-state index contributed by atoms with van der Waals surface area (Å²) in [6.07, 6.45) is 1.55. The second-order valence-corrected chi connectivity index (χ2v) is 3.60. The summed E-state index contributed by atoms with van der Waals surface area (Å²) in [5.74, 6) is 0.227. The quantitative estimate of drug-likeness (QED) is 0.723. The van der Waals surface area contributed by atoms with Crippen molar-refractivity contribution in [1.82, 2.24) is 0 Å². The molecule has 0 amide bonds. The standard InChI is InChI=1S/C10H11BrO/c1-2-3-10(12)8-4-6-9(11)7-5-8/h4-7H,2-3H2,1H3. The number of hydrogen-bond acceptors (Lipinski definition) is 1. The molecule has 0 fully saturated rings. The molecular weight excluding hydrogens is 216 g/mol. The minimum absolute atomic E-state index is 0.227. The first-order chi connectivity index (χ1) is 5.74. The normalized spacial score (nSPS) is 9.83. The molecule has 0 bridgehead atoms. The Balaban J connectivity index is 2.75. The fourth-order valence-corrected chi connectivity index (χ4v) is 1.27. The van der Waals surface area contributed by atoms with Crippen molar-refractivity contribution in [2.75, 3.05) is 0 Å². The van der Waals surface area contributed by atoms with Crippen LogP contribution in [0.3, 0.4) is 0 Å². The molecule has 64 valence electrons. The van der Waals surface area contributed by atoms with E-state index >= 15 is 0 Å². The van der Waals surface area contributed by atoms with E-state index in [2.05, 4.69) is 15.9 Å². The van der Waals surface area contributed by atoms with Crippen LogP contribution >= 0.6 is 15.9 Å². The van der Waals surface area contributed by atoms with Gasteiger partial charge in [-0.1, -0.05) is 35.0 Å². The van der Waals surface area contributed by atoms with Crippen molar-refractivity contribution >= 4 is 21.7 Å². The van der Waals surface area contributed by atoms with Gasteiger partial charge >= 0.3 is 0 Å². The van der Waals surface area contributed by atoms with Crippen LogP contribution in [0.4, 0.5) is 0 Å². The van der Waals surface area contributed by atoms with E-state index in [-0.39, 0.29) is 5.78 Å². The molecule has 2 heteroatoms. The van der Waals surface area contributed by atoms with Crippen LogP contribution in [0.5, 0.6) is 0 Å². The van der Waals surface area contributed by atoms with Gasteiger partial charge in [0.15, 0.2) is 5.78 Å². The van der Waals surface area contributed by atoms with Crippen molar-refractivity contribution in [3.8, 4) is 0 Å². The number of hydrogen-bond donors (Lipinski definition) is 0. The predicted molar refractivity (Wildman–Crippen MR) is 53.4 cm³/mol. The van der Waals surface area contributed by atoms with Gasteiger partial charge in [0.1, 0.15) is 0 Å². The summed E-state index contributed by atoms with van der Waals surface area (Å²) in [5, 5.41) is 0. The zero-order chi connectivity index (χ0) is 8.97. The molecule has 0 heterocycles. The first kappa shape index (κ1) is 9.46. The van der Waals surface area contributed by atoms with Gasteiger partial charge in [-0.2, -0.15) is 0 Å². The molecule has 0 aliphatic rings. The zero-order valence-corrected chi connectivity index (χ0v) is 8.60. The monoisotopic (exact) mass is 226 g/mol. The Morgan fingerprint density at radius 1 is 1.33 bits per heavy atom. The minimum atomic E-state index is 0.227. The predicted octanol–water partition coefficient (Wildman–Crippen LogP) is 3.43. The van der Waals surface area contributed by atoms with Crippen LogP contribution in [0.2, 0.25) is 0 Å². The average Bonchev–Trinajstić information content (AvgIpc) is 2.06. The summed E-state index contributed by atoms with van der Waals surface area (Å²) >= 11 is 3.32. The molecule has 0 radical (unpaired) electrons. The number of rotatable bonds is 3. The lowest BCUT2D eigenvalue weighted by Crippen LogP contribution is -1.96. The van der Waals surface area contributed by atoms with E-state index in [0.29, 0.717) is 6.42 Å². The molecule has 1 aromatic rings. The average molecular weight is 227 g/mol. The maximum absolute atomic E-state index is 11.3. The van der Waals surface area contributed by atoms with Gasteiger partial charge in [-0.15, -0.1) is 0 Å². The molecule has 0 saturated heterocycles. The molecule has 1 nitrogen and oxygen atoms in total. The summed E-state index contributed by atoms with van der Waals surface area (Å²) < 4.78 is 1.01. The molecule has 0 atom stereocenters. The number of ketones is 1. The van der Waals surface area contributed by atoms with Crippen molar-refractivity contribution in [1.29, 1.82) is 0 Å². The lowest BCUT2D eigenvalue weighted by atomic mass is 10.1. The van der Waals surface area contributed by atoms with Gasteiger partial charge in [0.05, 0.1) is 0 Å². The summed E-state index contributed by atoms with van der Waals surface area (Å²) in [4.78, 5) is 11.3. The van der Waals surface area contributed by atoms with Gasteiger partial charge < -0.3 is 0 Å².